The number of carbonyl (C=O) groups is 1. The maximum Gasteiger partial charge on any atom is 0.418 e. The smallest absolute Gasteiger partial charge is 0.370 e. The van der Waals surface area contributed by atoms with Crippen LogP contribution in [0.2, 0.25) is 0 Å². The Balaban J connectivity index is 2.27. The van der Waals surface area contributed by atoms with Crippen LogP contribution in [0.5, 0.6) is 0 Å². The van der Waals surface area contributed by atoms with Gasteiger partial charge in [0, 0.05) is 18.8 Å². The van der Waals surface area contributed by atoms with E-state index in [1.165, 1.54) is 12.1 Å². The number of anilines is 1. The summed E-state index contributed by atoms with van der Waals surface area (Å²) < 4.78 is 38.5. The van der Waals surface area contributed by atoms with E-state index in [-0.39, 0.29) is 18.2 Å². The number of alkyl halides is 3. The summed E-state index contributed by atoms with van der Waals surface area (Å²) >= 11 is 0. The Labute approximate surface area is 102 Å². The third kappa shape index (κ3) is 2.42. The summed E-state index contributed by atoms with van der Waals surface area (Å²) in [6, 6.07) is 5.38. The third-order valence-electron chi connectivity index (χ3n) is 3.14. The minimum Gasteiger partial charge on any atom is -0.370 e. The van der Waals surface area contributed by atoms with E-state index < -0.39 is 17.6 Å². The van der Waals surface area contributed by atoms with Gasteiger partial charge in [-0.2, -0.15) is 13.2 Å². The SMILES string of the molecule is NC(=O)C1CCN(c2ccccc2C(F)(F)F)C1. The summed E-state index contributed by atoms with van der Waals surface area (Å²) in [5.74, 6) is -0.826. The molecule has 2 rings (SSSR count). The summed E-state index contributed by atoms with van der Waals surface area (Å²) in [5, 5.41) is 0. The number of primary amides is 1. The number of hydrogen-bond acceptors (Lipinski definition) is 2. The number of benzene rings is 1. The average Bonchev–Trinajstić information content (AvgIpc) is 2.77. The lowest BCUT2D eigenvalue weighted by molar-refractivity contribution is -0.137. The highest BCUT2D eigenvalue weighted by Gasteiger charge is 2.36. The minimum absolute atomic E-state index is 0.119. The molecule has 18 heavy (non-hydrogen) atoms. The molecule has 1 aliphatic heterocycles. The molecule has 0 aliphatic carbocycles. The molecule has 0 saturated carbocycles. The van der Waals surface area contributed by atoms with Crippen LogP contribution in [-0.4, -0.2) is 19.0 Å². The van der Waals surface area contributed by atoms with Gasteiger partial charge in [0.25, 0.3) is 0 Å². The molecule has 0 aromatic heterocycles. The van der Waals surface area contributed by atoms with Crippen molar-refractivity contribution in [3.63, 3.8) is 0 Å². The molecular weight excluding hydrogens is 245 g/mol. The van der Waals surface area contributed by atoms with Crippen LogP contribution in [0, 0.1) is 5.92 Å². The van der Waals surface area contributed by atoms with Crippen LogP contribution < -0.4 is 10.6 Å². The zero-order valence-electron chi connectivity index (χ0n) is 9.57. The van der Waals surface area contributed by atoms with Crippen molar-refractivity contribution < 1.29 is 18.0 Å². The molecule has 1 aromatic carbocycles. The van der Waals surface area contributed by atoms with Gasteiger partial charge in [-0.25, -0.2) is 0 Å². The van der Waals surface area contributed by atoms with E-state index in [0.29, 0.717) is 13.0 Å². The zero-order chi connectivity index (χ0) is 13.3. The van der Waals surface area contributed by atoms with E-state index in [1.54, 1.807) is 11.0 Å². The number of carbonyl (C=O) groups excluding carboxylic acids is 1. The Hall–Kier alpha value is -1.72. The van der Waals surface area contributed by atoms with Gasteiger partial charge in [0.15, 0.2) is 0 Å². The molecule has 0 bridgehead atoms. The van der Waals surface area contributed by atoms with Gasteiger partial charge in [0.2, 0.25) is 5.91 Å². The van der Waals surface area contributed by atoms with Gasteiger partial charge in [0.1, 0.15) is 0 Å². The first-order valence-corrected chi connectivity index (χ1v) is 5.60. The lowest BCUT2D eigenvalue weighted by Gasteiger charge is -2.22. The van der Waals surface area contributed by atoms with Crippen LogP contribution >= 0.6 is 0 Å². The van der Waals surface area contributed by atoms with Crippen molar-refractivity contribution in [2.45, 2.75) is 12.6 Å². The topological polar surface area (TPSA) is 46.3 Å². The van der Waals surface area contributed by atoms with Gasteiger partial charge in [-0.1, -0.05) is 12.1 Å². The third-order valence-corrected chi connectivity index (χ3v) is 3.14. The van der Waals surface area contributed by atoms with Crippen LogP contribution in [0.4, 0.5) is 18.9 Å². The van der Waals surface area contributed by atoms with Crippen molar-refractivity contribution in [1.82, 2.24) is 0 Å². The largest absolute Gasteiger partial charge is 0.418 e. The molecular formula is C12H13F3N2O. The number of nitrogens with zero attached hydrogens (tertiary/aromatic N) is 1. The molecule has 0 spiro atoms. The van der Waals surface area contributed by atoms with Crippen molar-refractivity contribution in [3.8, 4) is 0 Å². The second kappa shape index (κ2) is 4.51. The van der Waals surface area contributed by atoms with Crippen LogP contribution in [0.25, 0.3) is 0 Å². The first-order valence-electron chi connectivity index (χ1n) is 5.60. The highest BCUT2D eigenvalue weighted by Crippen LogP contribution is 2.37. The molecule has 1 heterocycles. The first-order chi connectivity index (χ1) is 8.39. The molecule has 1 amide bonds. The fourth-order valence-corrected chi connectivity index (χ4v) is 2.20. The predicted molar refractivity (Wildman–Crippen MR) is 61.0 cm³/mol. The molecule has 1 aliphatic rings. The Morgan fingerprint density at radius 1 is 1.33 bits per heavy atom. The van der Waals surface area contributed by atoms with E-state index in [0.717, 1.165) is 6.07 Å². The lowest BCUT2D eigenvalue weighted by atomic mass is 10.1. The molecule has 0 radical (unpaired) electrons. The van der Waals surface area contributed by atoms with E-state index in [2.05, 4.69) is 0 Å². The number of hydrogen-bond donors (Lipinski definition) is 1. The lowest BCUT2D eigenvalue weighted by Crippen LogP contribution is -2.28. The molecule has 1 aromatic rings. The van der Waals surface area contributed by atoms with Gasteiger partial charge >= 0.3 is 6.18 Å². The van der Waals surface area contributed by atoms with Gasteiger partial charge in [-0.3, -0.25) is 4.79 Å². The zero-order valence-corrected chi connectivity index (χ0v) is 9.57. The van der Waals surface area contributed by atoms with Crippen molar-refractivity contribution in [2.24, 2.45) is 11.7 Å². The van der Waals surface area contributed by atoms with Crippen LogP contribution in [0.1, 0.15) is 12.0 Å². The number of nitrogens with two attached hydrogens (primary N) is 1. The van der Waals surface area contributed by atoms with Crippen molar-refractivity contribution in [2.75, 3.05) is 18.0 Å². The number of rotatable bonds is 2. The normalized spacial score (nSPS) is 20.2. The Morgan fingerprint density at radius 3 is 2.56 bits per heavy atom. The van der Waals surface area contributed by atoms with Crippen LogP contribution in [0.15, 0.2) is 24.3 Å². The standard InChI is InChI=1S/C12H13F3N2O/c13-12(14,15)9-3-1-2-4-10(9)17-6-5-8(7-17)11(16)18/h1-4,8H,5-7H2,(H2,16,18). The predicted octanol–water partition coefficient (Wildman–Crippen LogP) is 2.02. The second-order valence-corrected chi connectivity index (χ2v) is 4.35. The molecule has 98 valence electrons. The monoisotopic (exact) mass is 258 g/mol. The first kappa shape index (κ1) is 12.7. The Morgan fingerprint density at radius 2 is 2.00 bits per heavy atom. The maximum absolute atomic E-state index is 12.8. The summed E-state index contributed by atoms with van der Waals surface area (Å²) in [7, 11) is 0. The van der Waals surface area contributed by atoms with E-state index >= 15 is 0 Å². The van der Waals surface area contributed by atoms with Crippen molar-refractivity contribution in [1.29, 1.82) is 0 Å². The highest BCUT2D eigenvalue weighted by molar-refractivity contribution is 5.78. The van der Waals surface area contributed by atoms with Crippen molar-refractivity contribution in [3.05, 3.63) is 29.8 Å². The molecule has 1 unspecified atom stereocenters. The molecule has 6 heteroatoms. The molecule has 1 fully saturated rings. The average molecular weight is 258 g/mol. The fraction of sp³-hybridized carbons (Fsp3) is 0.417. The van der Waals surface area contributed by atoms with Gasteiger partial charge in [-0.05, 0) is 18.6 Å². The fourth-order valence-electron chi connectivity index (χ4n) is 2.20. The molecule has 1 saturated heterocycles. The van der Waals surface area contributed by atoms with Crippen LogP contribution in [-0.2, 0) is 11.0 Å². The number of amides is 1. The Bertz CT molecular complexity index is 459. The van der Waals surface area contributed by atoms with Crippen LogP contribution in [0.3, 0.4) is 0 Å². The van der Waals surface area contributed by atoms with E-state index in [1.807, 2.05) is 0 Å². The summed E-state index contributed by atoms with van der Waals surface area (Å²) in [6.07, 6.45) is -3.89. The molecule has 2 N–H and O–H groups in total. The van der Waals surface area contributed by atoms with Gasteiger partial charge < -0.3 is 10.6 Å². The highest BCUT2D eigenvalue weighted by atomic mass is 19.4. The second-order valence-electron chi connectivity index (χ2n) is 4.35. The Kier molecular flexibility index (Phi) is 3.19. The summed E-state index contributed by atoms with van der Waals surface area (Å²) in [5.41, 5.74) is 4.62. The number of para-hydroxylation sites is 1. The van der Waals surface area contributed by atoms with E-state index in [9.17, 15) is 18.0 Å². The molecule has 3 nitrogen and oxygen atoms in total. The number of halogens is 3. The summed E-state index contributed by atoms with van der Waals surface area (Å²) in [6.45, 7) is 0.670. The quantitative estimate of drug-likeness (QED) is 0.882. The minimum atomic E-state index is -4.39. The van der Waals surface area contributed by atoms with Gasteiger partial charge in [-0.15, -0.1) is 0 Å². The van der Waals surface area contributed by atoms with Gasteiger partial charge in [0.05, 0.1) is 11.5 Å². The molecule has 1 atom stereocenters. The van der Waals surface area contributed by atoms with Crippen molar-refractivity contribution >= 4 is 11.6 Å². The summed E-state index contributed by atoms with van der Waals surface area (Å²) in [4.78, 5) is 12.6. The van der Waals surface area contributed by atoms with E-state index in [4.69, 9.17) is 5.73 Å². The maximum atomic E-state index is 12.8.